The number of rotatable bonds is 3. The van der Waals surface area contributed by atoms with Gasteiger partial charge in [0.15, 0.2) is 0 Å². The number of thiophene rings is 1. The van der Waals surface area contributed by atoms with Gasteiger partial charge in [-0.05, 0) is 44.7 Å². The number of likely N-dealkylation sites (tertiary alicyclic amines) is 1. The summed E-state index contributed by atoms with van der Waals surface area (Å²) >= 11 is 1.58. The topological polar surface area (TPSA) is 38.8 Å². The highest BCUT2D eigenvalue weighted by atomic mass is 32.1. The number of hydrogen-bond acceptors (Lipinski definition) is 4. The second-order valence-electron chi connectivity index (χ2n) is 5.85. The Balaban J connectivity index is 1.47. The molecule has 1 aromatic heterocycles. The Morgan fingerprint density at radius 2 is 1.86 bits per heavy atom. The van der Waals surface area contributed by atoms with Gasteiger partial charge in [0.25, 0.3) is 5.91 Å². The molecule has 2 saturated heterocycles. The fourth-order valence-corrected chi connectivity index (χ4v) is 3.82. The summed E-state index contributed by atoms with van der Waals surface area (Å²) in [5.41, 5.74) is 0. The third-order valence-corrected chi connectivity index (χ3v) is 5.22. The third kappa shape index (κ3) is 3.84. The first-order valence-corrected chi connectivity index (χ1v) is 8.63. The van der Waals surface area contributed by atoms with Crippen LogP contribution in [-0.2, 0) is 9.47 Å². The minimum absolute atomic E-state index is 0.178. The van der Waals surface area contributed by atoms with Gasteiger partial charge in [0.2, 0.25) is 0 Å². The Bertz CT molecular complexity index is 474. The van der Waals surface area contributed by atoms with Gasteiger partial charge in [0.05, 0.1) is 17.1 Å². The lowest BCUT2D eigenvalue weighted by Crippen LogP contribution is -2.42. The van der Waals surface area contributed by atoms with Crippen molar-refractivity contribution in [3.63, 3.8) is 0 Å². The minimum Gasteiger partial charge on any atom is -0.381 e. The van der Waals surface area contributed by atoms with E-state index in [9.17, 15) is 4.79 Å². The van der Waals surface area contributed by atoms with Crippen molar-refractivity contribution in [2.75, 3.05) is 26.3 Å². The van der Waals surface area contributed by atoms with Crippen molar-refractivity contribution in [3.8, 4) is 0 Å². The van der Waals surface area contributed by atoms with Crippen LogP contribution in [0, 0.1) is 6.92 Å². The predicted molar refractivity (Wildman–Crippen MR) is 82.9 cm³/mol. The molecule has 0 aliphatic carbocycles. The summed E-state index contributed by atoms with van der Waals surface area (Å²) < 4.78 is 11.5. The van der Waals surface area contributed by atoms with Crippen molar-refractivity contribution in [1.82, 2.24) is 4.90 Å². The number of amides is 1. The van der Waals surface area contributed by atoms with Gasteiger partial charge < -0.3 is 14.4 Å². The molecule has 3 heterocycles. The van der Waals surface area contributed by atoms with Crippen molar-refractivity contribution < 1.29 is 14.3 Å². The van der Waals surface area contributed by atoms with Crippen LogP contribution in [0.4, 0.5) is 0 Å². The fraction of sp³-hybridized carbons (Fsp3) is 0.688. The van der Waals surface area contributed by atoms with Gasteiger partial charge in [-0.25, -0.2) is 0 Å². The zero-order valence-corrected chi connectivity index (χ0v) is 13.4. The monoisotopic (exact) mass is 309 g/mol. The summed E-state index contributed by atoms with van der Waals surface area (Å²) in [6.07, 6.45) is 4.58. The number of piperidine rings is 1. The molecule has 0 radical (unpaired) electrons. The molecule has 116 valence electrons. The van der Waals surface area contributed by atoms with E-state index in [1.807, 2.05) is 24.0 Å². The fourth-order valence-electron chi connectivity index (χ4n) is 2.98. The van der Waals surface area contributed by atoms with Gasteiger partial charge in [-0.2, -0.15) is 0 Å². The molecule has 2 aliphatic rings. The number of ether oxygens (including phenoxy) is 2. The molecule has 5 heteroatoms. The second kappa shape index (κ2) is 6.90. The molecule has 1 aromatic rings. The molecule has 3 rings (SSSR count). The van der Waals surface area contributed by atoms with E-state index >= 15 is 0 Å². The predicted octanol–water partition coefficient (Wildman–Crippen LogP) is 2.86. The van der Waals surface area contributed by atoms with E-state index in [1.165, 1.54) is 4.88 Å². The van der Waals surface area contributed by atoms with E-state index in [0.29, 0.717) is 12.2 Å². The lowest BCUT2D eigenvalue weighted by molar-refractivity contribution is -0.0823. The zero-order chi connectivity index (χ0) is 14.7. The number of aryl methyl sites for hydroxylation is 1. The quantitative estimate of drug-likeness (QED) is 0.862. The SMILES string of the molecule is Cc1ccc(C(=O)N2CCC(OC3CCOCC3)CC2)s1. The third-order valence-electron chi connectivity index (χ3n) is 4.23. The zero-order valence-electron chi connectivity index (χ0n) is 12.5. The van der Waals surface area contributed by atoms with Crippen LogP contribution in [0.25, 0.3) is 0 Å². The molecule has 0 atom stereocenters. The number of nitrogens with zero attached hydrogens (tertiary/aromatic N) is 1. The van der Waals surface area contributed by atoms with Gasteiger partial charge in [0.1, 0.15) is 0 Å². The summed E-state index contributed by atoms with van der Waals surface area (Å²) in [4.78, 5) is 16.4. The maximum absolute atomic E-state index is 12.4. The summed E-state index contributed by atoms with van der Waals surface area (Å²) in [5, 5.41) is 0. The Kier molecular flexibility index (Phi) is 4.93. The molecule has 2 aliphatic heterocycles. The molecule has 0 spiro atoms. The lowest BCUT2D eigenvalue weighted by atomic mass is 10.1. The Morgan fingerprint density at radius 3 is 2.48 bits per heavy atom. The highest BCUT2D eigenvalue weighted by molar-refractivity contribution is 7.13. The first-order valence-electron chi connectivity index (χ1n) is 7.81. The van der Waals surface area contributed by atoms with Crippen LogP contribution in [0.15, 0.2) is 12.1 Å². The van der Waals surface area contributed by atoms with Crippen molar-refractivity contribution >= 4 is 17.2 Å². The van der Waals surface area contributed by atoms with Crippen LogP contribution in [0.1, 0.15) is 40.2 Å². The minimum atomic E-state index is 0.178. The van der Waals surface area contributed by atoms with E-state index in [0.717, 1.165) is 56.9 Å². The van der Waals surface area contributed by atoms with Crippen LogP contribution >= 0.6 is 11.3 Å². The van der Waals surface area contributed by atoms with E-state index in [-0.39, 0.29) is 5.91 Å². The van der Waals surface area contributed by atoms with E-state index in [4.69, 9.17) is 9.47 Å². The van der Waals surface area contributed by atoms with E-state index in [1.54, 1.807) is 11.3 Å². The van der Waals surface area contributed by atoms with Gasteiger partial charge in [-0.3, -0.25) is 4.79 Å². The Hall–Kier alpha value is -0.910. The number of carbonyl (C=O) groups excluding carboxylic acids is 1. The van der Waals surface area contributed by atoms with E-state index in [2.05, 4.69) is 0 Å². The van der Waals surface area contributed by atoms with Crippen LogP contribution in [0.5, 0.6) is 0 Å². The van der Waals surface area contributed by atoms with Gasteiger partial charge >= 0.3 is 0 Å². The Morgan fingerprint density at radius 1 is 1.19 bits per heavy atom. The lowest BCUT2D eigenvalue weighted by Gasteiger charge is -2.34. The maximum Gasteiger partial charge on any atom is 0.263 e. The van der Waals surface area contributed by atoms with Crippen LogP contribution < -0.4 is 0 Å². The van der Waals surface area contributed by atoms with Gasteiger partial charge in [-0.15, -0.1) is 11.3 Å². The standard InChI is InChI=1S/C16H23NO3S/c1-12-2-3-15(21-12)16(18)17-8-4-13(5-9-17)20-14-6-10-19-11-7-14/h2-3,13-14H,4-11H2,1H3. The largest absolute Gasteiger partial charge is 0.381 e. The number of hydrogen-bond donors (Lipinski definition) is 0. The molecule has 1 amide bonds. The molecular formula is C16H23NO3S. The normalized spacial score (nSPS) is 21.7. The molecule has 21 heavy (non-hydrogen) atoms. The molecule has 0 bridgehead atoms. The first-order chi connectivity index (χ1) is 10.2. The molecule has 4 nitrogen and oxygen atoms in total. The van der Waals surface area contributed by atoms with Crippen molar-refractivity contribution in [3.05, 3.63) is 21.9 Å². The van der Waals surface area contributed by atoms with Crippen molar-refractivity contribution in [2.24, 2.45) is 0 Å². The Labute approximate surface area is 130 Å². The van der Waals surface area contributed by atoms with Crippen LogP contribution in [-0.4, -0.2) is 49.3 Å². The summed E-state index contributed by atoms with van der Waals surface area (Å²) in [5.74, 6) is 0.178. The van der Waals surface area contributed by atoms with Gasteiger partial charge in [0, 0.05) is 31.2 Å². The van der Waals surface area contributed by atoms with Crippen molar-refractivity contribution in [2.45, 2.75) is 44.8 Å². The van der Waals surface area contributed by atoms with Gasteiger partial charge in [-0.1, -0.05) is 0 Å². The second-order valence-corrected chi connectivity index (χ2v) is 7.14. The van der Waals surface area contributed by atoms with Crippen LogP contribution in [0.3, 0.4) is 0 Å². The first kappa shape index (κ1) is 15.0. The van der Waals surface area contributed by atoms with E-state index < -0.39 is 0 Å². The average molecular weight is 309 g/mol. The number of carbonyl (C=O) groups is 1. The molecule has 0 saturated carbocycles. The summed E-state index contributed by atoms with van der Waals surface area (Å²) in [6.45, 7) is 5.29. The highest BCUT2D eigenvalue weighted by Crippen LogP contribution is 2.23. The van der Waals surface area contributed by atoms with Crippen molar-refractivity contribution in [1.29, 1.82) is 0 Å². The molecule has 0 N–H and O–H groups in total. The highest BCUT2D eigenvalue weighted by Gasteiger charge is 2.27. The molecule has 0 aromatic carbocycles. The maximum atomic E-state index is 12.4. The summed E-state index contributed by atoms with van der Waals surface area (Å²) in [7, 11) is 0. The summed E-state index contributed by atoms with van der Waals surface area (Å²) in [6, 6.07) is 3.95. The molecule has 0 unspecified atom stereocenters. The van der Waals surface area contributed by atoms with Crippen LogP contribution in [0.2, 0.25) is 0 Å². The average Bonchev–Trinajstić information content (AvgIpc) is 2.95. The molecular weight excluding hydrogens is 286 g/mol. The smallest absolute Gasteiger partial charge is 0.263 e. The molecule has 2 fully saturated rings.